The van der Waals surface area contributed by atoms with Crippen LogP contribution in [0.2, 0.25) is 0 Å². The van der Waals surface area contributed by atoms with E-state index in [1.165, 1.54) is 13.2 Å². The average molecular weight is 333 g/mol. The molecular formula is C16H20FN5O2. The SMILES string of the molecule is COC(=O)c1cn(CCN2CCN(c3ccccc3F)CC2)nn1. The second-order valence-electron chi connectivity index (χ2n) is 5.64. The molecule has 0 bridgehead atoms. The van der Waals surface area contributed by atoms with Crippen LogP contribution in [0.4, 0.5) is 10.1 Å². The van der Waals surface area contributed by atoms with Gasteiger partial charge in [-0.2, -0.15) is 0 Å². The molecule has 0 radical (unpaired) electrons. The van der Waals surface area contributed by atoms with E-state index in [-0.39, 0.29) is 11.5 Å². The van der Waals surface area contributed by atoms with Gasteiger partial charge in [-0.3, -0.25) is 9.58 Å². The molecule has 128 valence electrons. The fourth-order valence-corrected chi connectivity index (χ4v) is 2.77. The fourth-order valence-electron chi connectivity index (χ4n) is 2.77. The van der Waals surface area contributed by atoms with Crippen molar-refractivity contribution in [2.75, 3.05) is 44.7 Å². The number of hydrogen-bond donors (Lipinski definition) is 0. The molecule has 0 aliphatic carbocycles. The van der Waals surface area contributed by atoms with Gasteiger partial charge in [0.15, 0.2) is 5.69 Å². The molecule has 3 rings (SSSR count). The molecule has 1 fully saturated rings. The third-order valence-electron chi connectivity index (χ3n) is 4.14. The van der Waals surface area contributed by atoms with E-state index in [0.717, 1.165) is 32.7 Å². The van der Waals surface area contributed by atoms with Crippen LogP contribution in [-0.4, -0.2) is 65.7 Å². The highest BCUT2D eigenvalue weighted by atomic mass is 19.1. The zero-order chi connectivity index (χ0) is 16.9. The topological polar surface area (TPSA) is 63.5 Å². The minimum atomic E-state index is -0.486. The molecule has 1 aliphatic heterocycles. The second kappa shape index (κ2) is 7.39. The summed E-state index contributed by atoms with van der Waals surface area (Å²) in [6.45, 7) is 4.72. The van der Waals surface area contributed by atoms with Crippen molar-refractivity contribution in [2.24, 2.45) is 0 Å². The van der Waals surface area contributed by atoms with Crippen molar-refractivity contribution in [3.05, 3.63) is 42.0 Å². The highest BCUT2D eigenvalue weighted by Gasteiger charge is 2.19. The Labute approximate surface area is 139 Å². The van der Waals surface area contributed by atoms with E-state index in [4.69, 9.17) is 0 Å². The summed E-state index contributed by atoms with van der Waals surface area (Å²) in [6.07, 6.45) is 1.58. The largest absolute Gasteiger partial charge is 0.464 e. The molecule has 1 aromatic carbocycles. The van der Waals surface area contributed by atoms with E-state index in [9.17, 15) is 9.18 Å². The number of benzene rings is 1. The predicted octanol–water partition coefficient (Wildman–Crippen LogP) is 1.03. The molecule has 0 amide bonds. The lowest BCUT2D eigenvalue weighted by Crippen LogP contribution is -2.47. The van der Waals surface area contributed by atoms with Crippen LogP contribution in [0.5, 0.6) is 0 Å². The van der Waals surface area contributed by atoms with Crippen molar-refractivity contribution in [1.29, 1.82) is 0 Å². The molecule has 7 nitrogen and oxygen atoms in total. The van der Waals surface area contributed by atoms with Crippen LogP contribution in [0, 0.1) is 5.82 Å². The van der Waals surface area contributed by atoms with Crippen molar-refractivity contribution in [3.63, 3.8) is 0 Å². The first-order chi connectivity index (χ1) is 11.7. The number of para-hydroxylation sites is 1. The van der Waals surface area contributed by atoms with Gasteiger partial charge in [-0.15, -0.1) is 5.10 Å². The van der Waals surface area contributed by atoms with Crippen molar-refractivity contribution < 1.29 is 13.9 Å². The molecule has 0 unspecified atom stereocenters. The third-order valence-corrected chi connectivity index (χ3v) is 4.14. The fraction of sp³-hybridized carbons (Fsp3) is 0.438. The van der Waals surface area contributed by atoms with E-state index in [0.29, 0.717) is 12.2 Å². The second-order valence-corrected chi connectivity index (χ2v) is 5.64. The number of piperazine rings is 1. The number of hydrogen-bond acceptors (Lipinski definition) is 6. The minimum absolute atomic E-state index is 0.177. The lowest BCUT2D eigenvalue weighted by molar-refractivity contribution is 0.0594. The summed E-state index contributed by atoms with van der Waals surface area (Å²) in [5.74, 6) is -0.663. The summed E-state index contributed by atoms with van der Waals surface area (Å²) in [4.78, 5) is 15.7. The summed E-state index contributed by atoms with van der Waals surface area (Å²) in [5.41, 5.74) is 0.873. The van der Waals surface area contributed by atoms with Gasteiger partial charge in [-0.1, -0.05) is 17.3 Å². The Hall–Kier alpha value is -2.48. The van der Waals surface area contributed by atoms with Crippen LogP contribution >= 0.6 is 0 Å². The maximum Gasteiger partial charge on any atom is 0.360 e. The first-order valence-electron chi connectivity index (χ1n) is 7.87. The number of esters is 1. The first-order valence-corrected chi connectivity index (χ1v) is 7.87. The van der Waals surface area contributed by atoms with E-state index >= 15 is 0 Å². The smallest absolute Gasteiger partial charge is 0.360 e. The predicted molar refractivity (Wildman–Crippen MR) is 86.4 cm³/mol. The number of aromatic nitrogens is 3. The Morgan fingerprint density at radius 3 is 2.67 bits per heavy atom. The molecule has 1 aliphatic rings. The molecule has 0 atom stereocenters. The van der Waals surface area contributed by atoms with Crippen LogP contribution in [-0.2, 0) is 11.3 Å². The molecule has 1 aromatic heterocycles. The van der Waals surface area contributed by atoms with Crippen molar-refractivity contribution >= 4 is 11.7 Å². The number of halogens is 1. The number of carbonyl (C=O) groups is 1. The Morgan fingerprint density at radius 1 is 1.21 bits per heavy atom. The molecule has 2 heterocycles. The van der Waals surface area contributed by atoms with Gasteiger partial charge in [0, 0.05) is 32.7 Å². The summed E-state index contributed by atoms with van der Waals surface area (Å²) in [5, 5.41) is 7.71. The molecule has 8 heteroatoms. The van der Waals surface area contributed by atoms with Gasteiger partial charge < -0.3 is 9.64 Å². The zero-order valence-corrected chi connectivity index (χ0v) is 13.6. The minimum Gasteiger partial charge on any atom is -0.464 e. The number of rotatable bonds is 5. The van der Waals surface area contributed by atoms with Crippen LogP contribution in [0.15, 0.2) is 30.5 Å². The monoisotopic (exact) mass is 333 g/mol. The number of nitrogens with zero attached hydrogens (tertiary/aromatic N) is 5. The van der Waals surface area contributed by atoms with Gasteiger partial charge in [-0.25, -0.2) is 9.18 Å². The lowest BCUT2D eigenvalue weighted by atomic mass is 10.2. The summed E-state index contributed by atoms with van der Waals surface area (Å²) in [6, 6.07) is 6.87. The van der Waals surface area contributed by atoms with E-state index in [2.05, 4.69) is 24.8 Å². The molecule has 24 heavy (non-hydrogen) atoms. The van der Waals surface area contributed by atoms with Crippen LogP contribution in [0.25, 0.3) is 0 Å². The molecule has 0 N–H and O–H groups in total. The third kappa shape index (κ3) is 3.70. The van der Waals surface area contributed by atoms with Gasteiger partial charge in [0.25, 0.3) is 0 Å². The molecule has 0 spiro atoms. The maximum absolute atomic E-state index is 13.8. The standard InChI is InChI=1S/C16H20FN5O2/c1-24-16(23)14-12-22(19-18-14)11-8-20-6-9-21(10-7-20)15-5-3-2-4-13(15)17/h2-5,12H,6-11H2,1H3. The van der Waals surface area contributed by atoms with E-state index in [1.54, 1.807) is 16.9 Å². The Bertz CT molecular complexity index is 697. The molecule has 2 aromatic rings. The van der Waals surface area contributed by atoms with Gasteiger partial charge in [0.2, 0.25) is 0 Å². The van der Waals surface area contributed by atoms with Crippen LogP contribution < -0.4 is 4.90 Å². The molecule has 0 saturated carbocycles. The van der Waals surface area contributed by atoms with Crippen molar-refractivity contribution in [2.45, 2.75) is 6.54 Å². The first kappa shape index (κ1) is 16.4. The van der Waals surface area contributed by atoms with Crippen LogP contribution in [0.3, 0.4) is 0 Å². The maximum atomic E-state index is 13.8. The number of methoxy groups -OCH3 is 1. The number of anilines is 1. The number of ether oxygens (including phenoxy) is 1. The van der Waals surface area contributed by atoms with Gasteiger partial charge >= 0.3 is 5.97 Å². The van der Waals surface area contributed by atoms with E-state index in [1.807, 2.05) is 12.1 Å². The quantitative estimate of drug-likeness (QED) is 0.762. The highest BCUT2D eigenvalue weighted by Crippen LogP contribution is 2.20. The molecule has 1 saturated heterocycles. The van der Waals surface area contributed by atoms with Crippen molar-refractivity contribution in [3.8, 4) is 0 Å². The summed E-state index contributed by atoms with van der Waals surface area (Å²) in [7, 11) is 1.32. The number of carbonyl (C=O) groups excluding carboxylic acids is 1. The Balaban J connectivity index is 1.48. The summed E-state index contributed by atoms with van der Waals surface area (Å²) < 4.78 is 20.1. The van der Waals surface area contributed by atoms with Crippen molar-refractivity contribution in [1.82, 2.24) is 19.9 Å². The van der Waals surface area contributed by atoms with Gasteiger partial charge in [0.1, 0.15) is 5.82 Å². The Morgan fingerprint density at radius 2 is 1.96 bits per heavy atom. The molecular weight excluding hydrogens is 313 g/mol. The van der Waals surface area contributed by atoms with Gasteiger partial charge in [0.05, 0.1) is 25.5 Å². The van der Waals surface area contributed by atoms with Crippen LogP contribution in [0.1, 0.15) is 10.5 Å². The van der Waals surface area contributed by atoms with E-state index < -0.39 is 5.97 Å². The lowest BCUT2D eigenvalue weighted by Gasteiger charge is -2.36. The zero-order valence-electron chi connectivity index (χ0n) is 13.6. The highest BCUT2D eigenvalue weighted by molar-refractivity contribution is 5.86. The normalized spacial score (nSPS) is 15.5. The van der Waals surface area contributed by atoms with Gasteiger partial charge in [-0.05, 0) is 12.1 Å². The average Bonchev–Trinajstić information content (AvgIpc) is 3.09. The summed E-state index contributed by atoms with van der Waals surface area (Å²) >= 11 is 0. The Kier molecular flexibility index (Phi) is 5.05.